The van der Waals surface area contributed by atoms with E-state index >= 15 is 0 Å². The number of nitrogens with one attached hydrogen (secondary N) is 2. The monoisotopic (exact) mass is 302 g/mol. The molecule has 0 saturated heterocycles. The second kappa shape index (κ2) is 8.02. The van der Waals surface area contributed by atoms with Crippen LogP contribution in [0.4, 0.5) is 0 Å². The van der Waals surface area contributed by atoms with Crippen LogP contribution < -0.4 is 15.4 Å². The molecule has 0 amide bonds. The predicted molar refractivity (Wildman–Crippen MR) is 85.7 cm³/mol. The van der Waals surface area contributed by atoms with E-state index in [0.717, 1.165) is 23.8 Å². The molecule has 0 bridgehead atoms. The Bertz CT molecular complexity index is 605. The van der Waals surface area contributed by atoms with Crippen molar-refractivity contribution in [3.63, 3.8) is 0 Å². The summed E-state index contributed by atoms with van der Waals surface area (Å²) in [4.78, 5) is 8.73. The Hall–Kier alpha value is -2.57. The lowest BCUT2D eigenvalue weighted by atomic mass is 10.3. The van der Waals surface area contributed by atoms with Crippen LogP contribution >= 0.6 is 0 Å². The zero-order valence-electron chi connectivity index (χ0n) is 13.2. The molecular weight excluding hydrogens is 280 g/mol. The number of methoxy groups -OCH3 is 1. The van der Waals surface area contributed by atoms with E-state index in [1.165, 1.54) is 0 Å². The standard InChI is InChI=1S/C15H22N6O/c1-4-16-15(19-11-13-7-8-20-21(13)2)18-10-12-5-6-14(22-3)17-9-12/h5-9H,4,10-11H2,1-3H3,(H2,16,18,19). The smallest absolute Gasteiger partial charge is 0.212 e. The van der Waals surface area contributed by atoms with Crippen LogP contribution in [0.5, 0.6) is 5.88 Å². The van der Waals surface area contributed by atoms with Crippen LogP contribution in [0.25, 0.3) is 0 Å². The number of nitrogens with zero attached hydrogens (tertiary/aromatic N) is 4. The summed E-state index contributed by atoms with van der Waals surface area (Å²) in [6, 6.07) is 5.77. The molecule has 2 aromatic rings. The second-order valence-electron chi connectivity index (χ2n) is 4.70. The number of aromatic nitrogens is 3. The minimum Gasteiger partial charge on any atom is -0.481 e. The fraction of sp³-hybridized carbons (Fsp3) is 0.400. The molecule has 0 aliphatic heterocycles. The lowest BCUT2D eigenvalue weighted by Crippen LogP contribution is -2.37. The molecule has 0 unspecified atom stereocenters. The highest BCUT2D eigenvalue weighted by molar-refractivity contribution is 5.79. The molecule has 22 heavy (non-hydrogen) atoms. The van der Waals surface area contributed by atoms with Gasteiger partial charge in [-0.25, -0.2) is 9.98 Å². The van der Waals surface area contributed by atoms with E-state index in [4.69, 9.17) is 4.74 Å². The molecule has 0 aliphatic rings. The summed E-state index contributed by atoms with van der Waals surface area (Å²) >= 11 is 0. The van der Waals surface area contributed by atoms with Gasteiger partial charge in [-0.2, -0.15) is 5.10 Å². The minimum absolute atomic E-state index is 0.553. The lowest BCUT2D eigenvalue weighted by Gasteiger charge is -2.11. The summed E-state index contributed by atoms with van der Waals surface area (Å²) in [6.45, 7) is 4.06. The van der Waals surface area contributed by atoms with Gasteiger partial charge in [0.2, 0.25) is 5.88 Å². The number of guanidine groups is 1. The van der Waals surface area contributed by atoms with Gasteiger partial charge in [0.1, 0.15) is 0 Å². The molecule has 2 rings (SSSR count). The summed E-state index contributed by atoms with van der Waals surface area (Å²) in [7, 11) is 3.52. The number of rotatable bonds is 6. The summed E-state index contributed by atoms with van der Waals surface area (Å²) in [5, 5.41) is 10.7. The quantitative estimate of drug-likeness (QED) is 0.617. The third-order valence-corrected chi connectivity index (χ3v) is 3.13. The Morgan fingerprint density at radius 3 is 2.77 bits per heavy atom. The number of aryl methyl sites for hydroxylation is 1. The average Bonchev–Trinajstić information content (AvgIpc) is 2.96. The maximum Gasteiger partial charge on any atom is 0.212 e. The van der Waals surface area contributed by atoms with E-state index in [0.29, 0.717) is 19.0 Å². The molecule has 0 saturated carbocycles. The molecule has 2 heterocycles. The van der Waals surface area contributed by atoms with Crippen LogP contribution in [0, 0.1) is 0 Å². The van der Waals surface area contributed by atoms with Crippen molar-refractivity contribution >= 4 is 5.96 Å². The highest BCUT2D eigenvalue weighted by Gasteiger charge is 2.02. The van der Waals surface area contributed by atoms with E-state index in [1.54, 1.807) is 19.5 Å². The third-order valence-electron chi connectivity index (χ3n) is 3.13. The minimum atomic E-state index is 0.553. The van der Waals surface area contributed by atoms with Gasteiger partial charge in [0.05, 0.1) is 25.9 Å². The van der Waals surface area contributed by atoms with Crippen LogP contribution in [-0.2, 0) is 20.1 Å². The SMILES string of the molecule is CCNC(=NCc1ccc(OC)nc1)NCc1ccnn1C. The van der Waals surface area contributed by atoms with Gasteiger partial charge in [-0.15, -0.1) is 0 Å². The number of pyridine rings is 1. The Morgan fingerprint density at radius 1 is 1.32 bits per heavy atom. The van der Waals surface area contributed by atoms with E-state index < -0.39 is 0 Å². The molecule has 0 fully saturated rings. The zero-order chi connectivity index (χ0) is 15.8. The van der Waals surface area contributed by atoms with Gasteiger partial charge in [-0.05, 0) is 18.6 Å². The van der Waals surface area contributed by atoms with E-state index in [1.807, 2.05) is 36.9 Å². The first-order chi connectivity index (χ1) is 10.7. The molecule has 0 spiro atoms. The van der Waals surface area contributed by atoms with Crippen molar-refractivity contribution in [2.24, 2.45) is 12.0 Å². The second-order valence-corrected chi connectivity index (χ2v) is 4.70. The van der Waals surface area contributed by atoms with E-state index in [-0.39, 0.29) is 0 Å². The van der Waals surface area contributed by atoms with Gasteiger partial charge < -0.3 is 15.4 Å². The van der Waals surface area contributed by atoms with Gasteiger partial charge in [0.25, 0.3) is 0 Å². The number of hydrogen-bond acceptors (Lipinski definition) is 4. The van der Waals surface area contributed by atoms with Crippen molar-refractivity contribution in [3.05, 3.63) is 41.9 Å². The highest BCUT2D eigenvalue weighted by atomic mass is 16.5. The summed E-state index contributed by atoms with van der Waals surface area (Å²) < 4.78 is 6.88. The van der Waals surface area contributed by atoms with Crippen molar-refractivity contribution in [1.29, 1.82) is 0 Å². The zero-order valence-corrected chi connectivity index (χ0v) is 13.2. The van der Waals surface area contributed by atoms with E-state index in [9.17, 15) is 0 Å². The largest absolute Gasteiger partial charge is 0.481 e. The molecule has 0 aromatic carbocycles. The van der Waals surface area contributed by atoms with Crippen molar-refractivity contribution in [2.45, 2.75) is 20.0 Å². The van der Waals surface area contributed by atoms with Crippen molar-refractivity contribution in [1.82, 2.24) is 25.4 Å². The molecule has 2 aromatic heterocycles. The fourth-order valence-corrected chi connectivity index (χ4v) is 1.89. The first-order valence-corrected chi connectivity index (χ1v) is 7.21. The summed E-state index contributed by atoms with van der Waals surface area (Å²) in [5.41, 5.74) is 2.12. The average molecular weight is 302 g/mol. The normalized spacial score (nSPS) is 11.3. The van der Waals surface area contributed by atoms with Crippen molar-refractivity contribution in [2.75, 3.05) is 13.7 Å². The van der Waals surface area contributed by atoms with Gasteiger partial charge in [0.15, 0.2) is 5.96 Å². The predicted octanol–water partition coefficient (Wildman–Crippen LogP) is 1.08. The molecule has 7 heteroatoms. The molecular formula is C15H22N6O. The number of aliphatic imine (C=N–C) groups is 1. The first-order valence-electron chi connectivity index (χ1n) is 7.21. The Labute approximate surface area is 130 Å². The first kappa shape index (κ1) is 15.8. The molecule has 0 aliphatic carbocycles. The molecule has 7 nitrogen and oxygen atoms in total. The summed E-state index contributed by atoms with van der Waals surface area (Å²) in [5.74, 6) is 1.37. The Kier molecular flexibility index (Phi) is 5.76. The lowest BCUT2D eigenvalue weighted by molar-refractivity contribution is 0.397. The number of ether oxygens (including phenoxy) is 1. The molecule has 0 atom stereocenters. The fourth-order valence-electron chi connectivity index (χ4n) is 1.89. The topological polar surface area (TPSA) is 76.4 Å². The maximum atomic E-state index is 5.04. The van der Waals surface area contributed by atoms with Crippen molar-refractivity contribution in [3.8, 4) is 5.88 Å². The van der Waals surface area contributed by atoms with Crippen LogP contribution in [-0.4, -0.2) is 34.4 Å². The number of hydrogen-bond donors (Lipinski definition) is 2. The third kappa shape index (κ3) is 4.47. The summed E-state index contributed by atoms with van der Waals surface area (Å²) in [6.07, 6.45) is 3.55. The van der Waals surface area contributed by atoms with Gasteiger partial charge in [0, 0.05) is 32.1 Å². The molecule has 0 radical (unpaired) electrons. The van der Waals surface area contributed by atoms with Gasteiger partial charge >= 0.3 is 0 Å². The Balaban J connectivity index is 1.95. The van der Waals surface area contributed by atoms with Crippen LogP contribution in [0.2, 0.25) is 0 Å². The molecule has 2 N–H and O–H groups in total. The van der Waals surface area contributed by atoms with Crippen LogP contribution in [0.3, 0.4) is 0 Å². The van der Waals surface area contributed by atoms with Gasteiger partial charge in [-0.1, -0.05) is 6.07 Å². The van der Waals surface area contributed by atoms with E-state index in [2.05, 4.69) is 25.7 Å². The maximum absolute atomic E-state index is 5.04. The van der Waals surface area contributed by atoms with Gasteiger partial charge in [-0.3, -0.25) is 4.68 Å². The Morgan fingerprint density at radius 2 is 2.18 bits per heavy atom. The van der Waals surface area contributed by atoms with Crippen LogP contribution in [0.1, 0.15) is 18.2 Å². The molecule has 118 valence electrons. The van der Waals surface area contributed by atoms with Crippen molar-refractivity contribution < 1.29 is 4.74 Å². The highest BCUT2D eigenvalue weighted by Crippen LogP contribution is 2.07. The van der Waals surface area contributed by atoms with Crippen LogP contribution in [0.15, 0.2) is 35.6 Å².